The highest BCUT2D eigenvalue weighted by molar-refractivity contribution is 9.08. The van der Waals surface area contributed by atoms with Gasteiger partial charge in [-0.1, -0.05) is 34.1 Å². The molecule has 5 heteroatoms. The molecule has 0 atom stereocenters. The quantitative estimate of drug-likeness (QED) is 0.846. The normalized spacial score (nSPS) is 10.2. The lowest BCUT2D eigenvalue weighted by molar-refractivity contribution is 0.102. The number of anilines is 1. The van der Waals surface area contributed by atoms with Crippen LogP contribution in [0.4, 0.5) is 10.1 Å². The van der Waals surface area contributed by atoms with E-state index in [1.807, 2.05) is 12.1 Å². The topological polar surface area (TPSA) is 49.3 Å². The van der Waals surface area contributed by atoms with E-state index in [2.05, 4.69) is 21.2 Å². The van der Waals surface area contributed by atoms with Gasteiger partial charge in [-0.15, -0.1) is 0 Å². The van der Waals surface area contributed by atoms with E-state index in [-0.39, 0.29) is 11.3 Å². The van der Waals surface area contributed by atoms with Crippen LogP contribution in [-0.4, -0.2) is 11.0 Å². The van der Waals surface area contributed by atoms with Crippen LogP contribution in [0.2, 0.25) is 0 Å². The Balaban J connectivity index is 2.28. The number of rotatable bonds is 3. The summed E-state index contributed by atoms with van der Waals surface area (Å²) in [6, 6.07) is 10.5. The van der Waals surface area contributed by atoms with Crippen molar-refractivity contribution in [3.63, 3.8) is 0 Å². The molecule has 0 aliphatic rings. The van der Waals surface area contributed by atoms with Crippen LogP contribution in [0.5, 0.6) is 5.75 Å². The van der Waals surface area contributed by atoms with E-state index in [1.54, 1.807) is 12.1 Å². The first kappa shape index (κ1) is 13.5. The molecule has 0 saturated carbocycles. The Morgan fingerprint density at radius 3 is 2.74 bits per heavy atom. The zero-order chi connectivity index (χ0) is 13.8. The van der Waals surface area contributed by atoms with E-state index in [0.717, 1.165) is 23.8 Å². The van der Waals surface area contributed by atoms with Crippen LogP contribution in [0.15, 0.2) is 42.5 Å². The highest BCUT2D eigenvalue weighted by Gasteiger charge is 2.13. The number of hydrogen-bond donors (Lipinski definition) is 2. The third-order valence-electron chi connectivity index (χ3n) is 2.61. The number of alkyl halides is 1. The Hall–Kier alpha value is -1.88. The molecule has 2 N–H and O–H groups in total. The van der Waals surface area contributed by atoms with Crippen molar-refractivity contribution in [2.75, 3.05) is 5.32 Å². The monoisotopic (exact) mass is 323 g/mol. The van der Waals surface area contributed by atoms with Crippen molar-refractivity contribution in [2.24, 2.45) is 0 Å². The first-order valence-electron chi connectivity index (χ1n) is 5.55. The standard InChI is InChI=1S/C14H11BrFNO2/c15-8-9-3-1-2-4-12(9)17-14(19)11-7-10(16)5-6-13(11)18/h1-7,18H,8H2,(H,17,19). The summed E-state index contributed by atoms with van der Waals surface area (Å²) < 4.78 is 13.1. The number of para-hydroxylation sites is 1. The van der Waals surface area contributed by atoms with E-state index in [0.29, 0.717) is 11.0 Å². The molecule has 0 aromatic heterocycles. The van der Waals surface area contributed by atoms with Crippen LogP contribution in [-0.2, 0) is 5.33 Å². The lowest BCUT2D eigenvalue weighted by Gasteiger charge is -2.10. The van der Waals surface area contributed by atoms with Crippen LogP contribution in [0.3, 0.4) is 0 Å². The Morgan fingerprint density at radius 1 is 1.26 bits per heavy atom. The van der Waals surface area contributed by atoms with Gasteiger partial charge in [0.05, 0.1) is 5.56 Å². The molecule has 0 bridgehead atoms. The molecule has 2 rings (SSSR count). The maximum absolute atomic E-state index is 13.1. The summed E-state index contributed by atoms with van der Waals surface area (Å²) in [4.78, 5) is 12.0. The van der Waals surface area contributed by atoms with Crippen molar-refractivity contribution in [3.05, 3.63) is 59.4 Å². The van der Waals surface area contributed by atoms with Crippen molar-refractivity contribution in [3.8, 4) is 5.75 Å². The second-order valence-electron chi connectivity index (χ2n) is 3.91. The number of benzene rings is 2. The van der Waals surface area contributed by atoms with Crippen molar-refractivity contribution >= 4 is 27.5 Å². The maximum Gasteiger partial charge on any atom is 0.259 e. The smallest absolute Gasteiger partial charge is 0.259 e. The second kappa shape index (κ2) is 5.84. The van der Waals surface area contributed by atoms with Gasteiger partial charge in [-0.25, -0.2) is 4.39 Å². The van der Waals surface area contributed by atoms with Crippen LogP contribution >= 0.6 is 15.9 Å². The Bertz CT molecular complexity index is 616. The molecule has 0 spiro atoms. The van der Waals surface area contributed by atoms with Gasteiger partial charge in [-0.2, -0.15) is 0 Å². The number of halogens is 2. The first-order chi connectivity index (χ1) is 9.11. The largest absolute Gasteiger partial charge is 0.507 e. The van der Waals surface area contributed by atoms with Gasteiger partial charge >= 0.3 is 0 Å². The molecule has 2 aromatic carbocycles. The number of phenols is 1. The molecule has 0 unspecified atom stereocenters. The second-order valence-corrected chi connectivity index (χ2v) is 4.47. The van der Waals surface area contributed by atoms with E-state index in [1.165, 1.54) is 0 Å². The highest BCUT2D eigenvalue weighted by Crippen LogP contribution is 2.22. The van der Waals surface area contributed by atoms with Gasteiger partial charge in [-0.05, 0) is 29.8 Å². The maximum atomic E-state index is 13.1. The predicted molar refractivity (Wildman–Crippen MR) is 75.1 cm³/mol. The lowest BCUT2D eigenvalue weighted by atomic mass is 10.1. The van der Waals surface area contributed by atoms with E-state index in [9.17, 15) is 14.3 Å². The predicted octanol–water partition coefficient (Wildman–Crippen LogP) is 3.68. The fourth-order valence-electron chi connectivity index (χ4n) is 1.64. The highest BCUT2D eigenvalue weighted by atomic mass is 79.9. The van der Waals surface area contributed by atoms with Gasteiger partial charge in [0, 0.05) is 11.0 Å². The summed E-state index contributed by atoms with van der Waals surface area (Å²) in [5, 5.41) is 12.8. The lowest BCUT2D eigenvalue weighted by Crippen LogP contribution is -2.13. The number of carbonyl (C=O) groups is 1. The number of nitrogens with one attached hydrogen (secondary N) is 1. The van der Waals surface area contributed by atoms with Gasteiger partial charge in [0.25, 0.3) is 5.91 Å². The number of hydrogen-bond acceptors (Lipinski definition) is 2. The molecule has 1 amide bonds. The average Bonchev–Trinajstić information content (AvgIpc) is 2.42. The van der Waals surface area contributed by atoms with Gasteiger partial charge in [0.15, 0.2) is 0 Å². The number of carbonyl (C=O) groups excluding carboxylic acids is 1. The molecule has 0 saturated heterocycles. The summed E-state index contributed by atoms with van der Waals surface area (Å²) in [5.74, 6) is -1.38. The third-order valence-corrected chi connectivity index (χ3v) is 3.22. The van der Waals surface area contributed by atoms with Crippen molar-refractivity contribution in [2.45, 2.75) is 5.33 Å². The van der Waals surface area contributed by atoms with E-state index >= 15 is 0 Å². The van der Waals surface area contributed by atoms with Crippen molar-refractivity contribution in [1.82, 2.24) is 0 Å². The van der Waals surface area contributed by atoms with Crippen molar-refractivity contribution < 1.29 is 14.3 Å². The summed E-state index contributed by atoms with van der Waals surface area (Å²) in [7, 11) is 0. The zero-order valence-electron chi connectivity index (χ0n) is 9.86. The van der Waals surface area contributed by atoms with E-state index in [4.69, 9.17) is 0 Å². The van der Waals surface area contributed by atoms with Gasteiger partial charge in [-0.3, -0.25) is 4.79 Å². The molecular formula is C14H11BrFNO2. The van der Waals surface area contributed by atoms with E-state index < -0.39 is 11.7 Å². The van der Waals surface area contributed by atoms with Gasteiger partial charge in [0.2, 0.25) is 0 Å². The van der Waals surface area contributed by atoms with Crippen LogP contribution in [0.1, 0.15) is 15.9 Å². The molecule has 2 aromatic rings. The summed E-state index contributed by atoms with van der Waals surface area (Å²) in [6.07, 6.45) is 0. The molecule has 0 aliphatic carbocycles. The summed E-state index contributed by atoms with van der Waals surface area (Å²) in [6.45, 7) is 0. The fraction of sp³-hybridized carbons (Fsp3) is 0.0714. The molecular weight excluding hydrogens is 313 g/mol. The summed E-state index contributed by atoms with van der Waals surface area (Å²) in [5.41, 5.74) is 1.42. The van der Waals surface area contributed by atoms with Gasteiger partial charge < -0.3 is 10.4 Å². The molecule has 3 nitrogen and oxygen atoms in total. The Labute approximate surface area is 118 Å². The first-order valence-corrected chi connectivity index (χ1v) is 6.67. The number of amides is 1. The minimum Gasteiger partial charge on any atom is -0.507 e. The molecule has 0 radical (unpaired) electrons. The summed E-state index contributed by atoms with van der Waals surface area (Å²) >= 11 is 3.32. The van der Waals surface area contributed by atoms with Crippen LogP contribution in [0.25, 0.3) is 0 Å². The molecule has 0 aliphatic heterocycles. The minimum atomic E-state index is -0.572. The molecule has 0 heterocycles. The number of aromatic hydroxyl groups is 1. The number of phenolic OH excluding ortho intramolecular Hbond substituents is 1. The fourth-order valence-corrected chi connectivity index (χ4v) is 2.13. The van der Waals surface area contributed by atoms with Crippen molar-refractivity contribution in [1.29, 1.82) is 0 Å². The molecule has 0 fully saturated rings. The van der Waals surface area contributed by atoms with Crippen LogP contribution in [0, 0.1) is 5.82 Å². The third kappa shape index (κ3) is 3.12. The molecule has 98 valence electrons. The SMILES string of the molecule is O=C(Nc1ccccc1CBr)c1cc(F)ccc1O. The van der Waals surface area contributed by atoms with Gasteiger partial charge in [0.1, 0.15) is 11.6 Å². The Kier molecular flexibility index (Phi) is 4.16. The zero-order valence-corrected chi connectivity index (χ0v) is 11.4. The average molecular weight is 324 g/mol. The molecule has 19 heavy (non-hydrogen) atoms. The minimum absolute atomic E-state index is 0.0932. The Morgan fingerprint density at radius 2 is 2.00 bits per heavy atom. The van der Waals surface area contributed by atoms with Crippen LogP contribution < -0.4 is 5.32 Å².